The van der Waals surface area contributed by atoms with E-state index in [4.69, 9.17) is 5.73 Å². The van der Waals surface area contributed by atoms with Crippen molar-refractivity contribution in [1.82, 2.24) is 4.98 Å². The van der Waals surface area contributed by atoms with Crippen LogP contribution in [0.5, 0.6) is 0 Å². The van der Waals surface area contributed by atoms with Crippen LogP contribution in [-0.4, -0.2) is 11.5 Å². The molecule has 0 aliphatic rings. The standard InChI is InChI=1S/C15H19N3/c1-3-18(14-7-5-4-6-12(14)2)11-13-8-9-15(16)17-10-13/h4-10H,3,11H2,1-2H3,(H2,16,17). The minimum absolute atomic E-state index is 0.567. The number of hydrogen-bond acceptors (Lipinski definition) is 3. The molecule has 0 fully saturated rings. The Kier molecular flexibility index (Phi) is 3.82. The molecule has 0 aliphatic carbocycles. The largest absolute Gasteiger partial charge is 0.384 e. The van der Waals surface area contributed by atoms with Crippen LogP contribution in [0.1, 0.15) is 18.1 Å². The fourth-order valence-electron chi connectivity index (χ4n) is 2.04. The van der Waals surface area contributed by atoms with Crippen molar-refractivity contribution in [3.8, 4) is 0 Å². The minimum atomic E-state index is 0.567. The van der Waals surface area contributed by atoms with Crippen LogP contribution < -0.4 is 10.6 Å². The zero-order valence-corrected chi connectivity index (χ0v) is 10.9. The Hall–Kier alpha value is -2.03. The third-order valence-electron chi connectivity index (χ3n) is 3.06. The molecule has 3 nitrogen and oxygen atoms in total. The molecule has 0 radical (unpaired) electrons. The van der Waals surface area contributed by atoms with Crippen molar-refractivity contribution in [2.24, 2.45) is 0 Å². The van der Waals surface area contributed by atoms with Gasteiger partial charge in [0.15, 0.2) is 0 Å². The average molecular weight is 241 g/mol. The minimum Gasteiger partial charge on any atom is -0.384 e. The summed E-state index contributed by atoms with van der Waals surface area (Å²) in [5.74, 6) is 0.567. The van der Waals surface area contributed by atoms with Gasteiger partial charge in [-0.2, -0.15) is 0 Å². The monoisotopic (exact) mass is 241 g/mol. The molecule has 0 saturated carbocycles. The van der Waals surface area contributed by atoms with E-state index in [0.717, 1.165) is 13.1 Å². The van der Waals surface area contributed by atoms with E-state index in [2.05, 4.69) is 48.0 Å². The Morgan fingerprint density at radius 3 is 2.56 bits per heavy atom. The Bertz CT molecular complexity index is 505. The Balaban J connectivity index is 2.20. The molecule has 2 rings (SSSR count). The molecule has 0 aliphatic heterocycles. The van der Waals surface area contributed by atoms with Crippen LogP contribution in [0, 0.1) is 6.92 Å². The first-order valence-electron chi connectivity index (χ1n) is 6.21. The molecule has 0 spiro atoms. The summed E-state index contributed by atoms with van der Waals surface area (Å²) < 4.78 is 0. The fourth-order valence-corrected chi connectivity index (χ4v) is 2.04. The third kappa shape index (κ3) is 2.80. The lowest BCUT2D eigenvalue weighted by Crippen LogP contribution is -2.22. The van der Waals surface area contributed by atoms with Gasteiger partial charge in [0.1, 0.15) is 5.82 Å². The van der Waals surface area contributed by atoms with Crippen LogP contribution in [0.4, 0.5) is 11.5 Å². The second-order valence-corrected chi connectivity index (χ2v) is 4.39. The number of nitrogens with zero attached hydrogens (tertiary/aromatic N) is 2. The highest BCUT2D eigenvalue weighted by molar-refractivity contribution is 5.53. The second kappa shape index (κ2) is 5.54. The van der Waals surface area contributed by atoms with Crippen LogP contribution in [0.2, 0.25) is 0 Å². The van der Waals surface area contributed by atoms with E-state index in [1.54, 1.807) is 0 Å². The number of aromatic nitrogens is 1. The van der Waals surface area contributed by atoms with Crippen molar-refractivity contribution in [3.05, 3.63) is 53.7 Å². The van der Waals surface area contributed by atoms with E-state index in [1.165, 1.54) is 16.8 Å². The molecule has 3 heteroatoms. The maximum atomic E-state index is 5.60. The maximum Gasteiger partial charge on any atom is 0.123 e. The lowest BCUT2D eigenvalue weighted by atomic mass is 10.1. The Labute approximate surface area is 108 Å². The molecule has 0 amide bonds. The molecule has 0 saturated heterocycles. The number of pyridine rings is 1. The highest BCUT2D eigenvalue weighted by Crippen LogP contribution is 2.21. The van der Waals surface area contributed by atoms with Crippen LogP contribution in [0.3, 0.4) is 0 Å². The van der Waals surface area contributed by atoms with Crippen LogP contribution in [0.25, 0.3) is 0 Å². The van der Waals surface area contributed by atoms with E-state index < -0.39 is 0 Å². The summed E-state index contributed by atoms with van der Waals surface area (Å²) >= 11 is 0. The van der Waals surface area contributed by atoms with Crippen molar-refractivity contribution in [3.63, 3.8) is 0 Å². The first-order valence-corrected chi connectivity index (χ1v) is 6.21. The summed E-state index contributed by atoms with van der Waals surface area (Å²) in [5.41, 5.74) is 9.34. The number of anilines is 2. The molecule has 1 aromatic heterocycles. The van der Waals surface area contributed by atoms with Gasteiger partial charge in [0.2, 0.25) is 0 Å². The fraction of sp³-hybridized carbons (Fsp3) is 0.267. The van der Waals surface area contributed by atoms with Crippen molar-refractivity contribution >= 4 is 11.5 Å². The molecule has 2 aromatic rings. The molecule has 94 valence electrons. The van der Waals surface area contributed by atoms with Gasteiger partial charge in [-0.15, -0.1) is 0 Å². The van der Waals surface area contributed by atoms with Gasteiger partial charge in [-0.25, -0.2) is 4.98 Å². The van der Waals surface area contributed by atoms with Gasteiger partial charge in [0, 0.05) is 25.0 Å². The van der Waals surface area contributed by atoms with Gasteiger partial charge in [-0.1, -0.05) is 24.3 Å². The zero-order chi connectivity index (χ0) is 13.0. The molecule has 1 heterocycles. The summed E-state index contributed by atoms with van der Waals surface area (Å²) in [5, 5.41) is 0. The van der Waals surface area contributed by atoms with Gasteiger partial charge in [-0.05, 0) is 37.1 Å². The number of nitrogen functional groups attached to an aromatic ring is 1. The number of hydrogen-bond donors (Lipinski definition) is 1. The number of aryl methyl sites for hydroxylation is 1. The van der Waals surface area contributed by atoms with E-state index in [0.29, 0.717) is 5.82 Å². The molecular formula is C15H19N3. The maximum absolute atomic E-state index is 5.60. The van der Waals surface area contributed by atoms with Gasteiger partial charge >= 0.3 is 0 Å². The molecule has 0 atom stereocenters. The summed E-state index contributed by atoms with van der Waals surface area (Å²) in [6.45, 7) is 6.13. The van der Waals surface area contributed by atoms with Crippen LogP contribution in [-0.2, 0) is 6.54 Å². The first kappa shape index (κ1) is 12.4. The number of rotatable bonds is 4. The molecule has 18 heavy (non-hydrogen) atoms. The first-order chi connectivity index (χ1) is 8.70. The number of para-hydroxylation sites is 1. The van der Waals surface area contributed by atoms with Crippen molar-refractivity contribution in [1.29, 1.82) is 0 Å². The molecule has 0 bridgehead atoms. The van der Waals surface area contributed by atoms with Gasteiger partial charge < -0.3 is 10.6 Å². The van der Waals surface area contributed by atoms with Gasteiger partial charge in [-0.3, -0.25) is 0 Å². The quantitative estimate of drug-likeness (QED) is 0.894. The lowest BCUT2D eigenvalue weighted by molar-refractivity contribution is 0.824. The molecule has 1 aromatic carbocycles. The van der Waals surface area contributed by atoms with E-state index in [1.807, 2.05) is 18.3 Å². The zero-order valence-electron chi connectivity index (χ0n) is 10.9. The smallest absolute Gasteiger partial charge is 0.123 e. The summed E-state index contributed by atoms with van der Waals surface area (Å²) in [6.07, 6.45) is 1.84. The highest BCUT2D eigenvalue weighted by atomic mass is 15.1. The second-order valence-electron chi connectivity index (χ2n) is 4.39. The van der Waals surface area contributed by atoms with Gasteiger partial charge in [0.25, 0.3) is 0 Å². The van der Waals surface area contributed by atoms with Crippen LogP contribution >= 0.6 is 0 Å². The normalized spacial score (nSPS) is 10.3. The summed E-state index contributed by atoms with van der Waals surface area (Å²) in [4.78, 5) is 6.47. The predicted molar refractivity (Wildman–Crippen MR) is 76.6 cm³/mol. The van der Waals surface area contributed by atoms with Gasteiger partial charge in [0.05, 0.1) is 0 Å². The molecular weight excluding hydrogens is 222 g/mol. The highest BCUT2D eigenvalue weighted by Gasteiger charge is 2.07. The predicted octanol–water partition coefficient (Wildman–Crippen LogP) is 3.00. The molecule has 2 N–H and O–H groups in total. The van der Waals surface area contributed by atoms with E-state index in [9.17, 15) is 0 Å². The number of nitrogens with two attached hydrogens (primary N) is 1. The SMILES string of the molecule is CCN(Cc1ccc(N)nc1)c1ccccc1C. The molecule has 0 unspecified atom stereocenters. The summed E-state index contributed by atoms with van der Waals surface area (Å²) in [6, 6.07) is 12.3. The van der Waals surface area contributed by atoms with Crippen molar-refractivity contribution < 1.29 is 0 Å². The van der Waals surface area contributed by atoms with Crippen LogP contribution in [0.15, 0.2) is 42.6 Å². The third-order valence-corrected chi connectivity index (χ3v) is 3.06. The topological polar surface area (TPSA) is 42.1 Å². The summed E-state index contributed by atoms with van der Waals surface area (Å²) in [7, 11) is 0. The Morgan fingerprint density at radius 2 is 1.94 bits per heavy atom. The van der Waals surface area contributed by atoms with E-state index >= 15 is 0 Å². The van der Waals surface area contributed by atoms with E-state index in [-0.39, 0.29) is 0 Å². The number of benzene rings is 1. The van der Waals surface area contributed by atoms with Crippen molar-refractivity contribution in [2.45, 2.75) is 20.4 Å². The average Bonchev–Trinajstić information content (AvgIpc) is 2.39. The Morgan fingerprint density at radius 1 is 1.17 bits per heavy atom. The lowest BCUT2D eigenvalue weighted by Gasteiger charge is -2.24. The van der Waals surface area contributed by atoms with Crippen molar-refractivity contribution in [2.75, 3.05) is 17.2 Å².